The molecule has 1 heterocycles. The topological polar surface area (TPSA) is 53.6 Å². The zero-order chi connectivity index (χ0) is 17.7. The third-order valence-corrected chi connectivity index (χ3v) is 4.87. The van der Waals surface area contributed by atoms with Gasteiger partial charge in [-0.2, -0.15) is 0 Å². The van der Waals surface area contributed by atoms with E-state index in [2.05, 4.69) is 29.1 Å². The quantitative estimate of drug-likeness (QED) is 0.588. The standard InChI is InChI=1S/C18H28Cl2N4/c1-12(2)10-24-7-6-14(11-24)9-22-18(21)23-13(3)16-5-4-15(19)8-17(16)20/h4-5,8,12-14H,6-7,9-11H2,1-3H3,(H3,21,22,23). The summed E-state index contributed by atoms with van der Waals surface area (Å²) in [7, 11) is 0. The Morgan fingerprint density at radius 2 is 2.12 bits per heavy atom. The van der Waals surface area contributed by atoms with Crippen molar-refractivity contribution in [2.45, 2.75) is 33.2 Å². The molecule has 24 heavy (non-hydrogen) atoms. The Morgan fingerprint density at radius 1 is 1.38 bits per heavy atom. The summed E-state index contributed by atoms with van der Waals surface area (Å²) in [6, 6.07) is 5.47. The second-order valence-electron chi connectivity index (χ2n) is 7.07. The molecule has 3 N–H and O–H groups in total. The number of aliphatic imine (C=N–C) groups is 1. The van der Waals surface area contributed by atoms with Crippen LogP contribution in [0.3, 0.4) is 0 Å². The number of benzene rings is 1. The van der Waals surface area contributed by atoms with Crippen LogP contribution in [0.4, 0.5) is 0 Å². The van der Waals surface area contributed by atoms with Gasteiger partial charge < -0.3 is 16.0 Å². The van der Waals surface area contributed by atoms with E-state index in [0.29, 0.717) is 27.8 Å². The fourth-order valence-corrected chi connectivity index (χ4v) is 3.74. The van der Waals surface area contributed by atoms with Gasteiger partial charge in [0, 0.05) is 29.7 Å². The van der Waals surface area contributed by atoms with Crippen LogP contribution in [0.5, 0.6) is 0 Å². The molecule has 0 amide bonds. The predicted molar refractivity (Wildman–Crippen MR) is 104 cm³/mol. The van der Waals surface area contributed by atoms with E-state index in [1.54, 1.807) is 6.07 Å². The van der Waals surface area contributed by atoms with Gasteiger partial charge in [0.2, 0.25) is 0 Å². The van der Waals surface area contributed by atoms with Crippen LogP contribution in [-0.4, -0.2) is 37.0 Å². The highest BCUT2D eigenvalue weighted by molar-refractivity contribution is 6.35. The van der Waals surface area contributed by atoms with Crippen molar-refractivity contribution in [3.63, 3.8) is 0 Å². The van der Waals surface area contributed by atoms with E-state index in [4.69, 9.17) is 28.9 Å². The molecule has 1 aliphatic rings. The second-order valence-corrected chi connectivity index (χ2v) is 7.91. The maximum absolute atomic E-state index is 6.24. The largest absolute Gasteiger partial charge is 0.370 e. The van der Waals surface area contributed by atoms with Gasteiger partial charge >= 0.3 is 0 Å². The molecule has 2 atom stereocenters. The SMILES string of the molecule is CC(C)CN1CCC(CN=C(N)NC(C)c2ccc(Cl)cc2Cl)C1. The van der Waals surface area contributed by atoms with Gasteiger partial charge in [-0.15, -0.1) is 0 Å². The minimum atomic E-state index is -0.0143. The summed E-state index contributed by atoms with van der Waals surface area (Å²) in [4.78, 5) is 7.04. The molecule has 0 bridgehead atoms. The molecule has 0 aromatic heterocycles. The molecule has 1 aliphatic heterocycles. The summed E-state index contributed by atoms with van der Waals surface area (Å²) in [5.41, 5.74) is 7.00. The lowest BCUT2D eigenvalue weighted by Gasteiger charge is -2.18. The van der Waals surface area contributed by atoms with Crippen molar-refractivity contribution in [3.05, 3.63) is 33.8 Å². The summed E-state index contributed by atoms with van der Waals surface area (Å²) in [6.07, 6.45) is 1.20. The van der Waals surface area contributed by atoms with Crippen molar-refractivity contribution in [1.82, 2.24) is 10.2 Å². The normalized spacial score (nSPS) is 20.6. The van der Waals surface area contributed by atoms with Crippen LogP contribution in [0.15, 0.2) is 23.2 Å². The number of halogens is 2. The molecule has 0 saturated carbocycles. The Kier molecular flexibility index (Phi) is 7.20. The lowest BCUT2D eigenvalue weighted by Crippen LogP contribution is -2.34. The monoisotopic (exact) mass is 370 g/mol. The Hall–Kier alpha value is -0.970. The van der Waals surface area contributed by atoms with Crippen molar-refractivity contribution in [1.29, 1.82) is 0 Å². The maximum atomic E-state index is 6.24. The van der Waals surface area contributed by atoms with Gasteiger partial charge in [-0.25, -0.2) is 0 Å². The highest BCUT2D eigenvalue weighted by atomic mass is 35.5. The first-order valence-corrected chi connectivity index (χ1v) is 9.34. The number of nitrogens with two attached hydrogens (primary N) is 1. The highest BCUT2D eigenvalue weighted by Gasteiger charge is 2.22. The van der Waals surface area contributed by atoms with Crippen molar-refractivity contribution in [2.75, 3.05) is 26.2 Å². The van der Waals surface area contributed by atoms with E-state index >= 15 is 0 Å². The minimum absolute atomic E-state index is 0.0143. The number of hydrogen-bond acceptors (Lipinski definition) is 2. The van der Waals surface area contributed by atoms with E-state index in [-0.39, 0.29) is 6.04 Å². The lowest BCUT2D eigenvalue weighted by atomic mass is 10.1. The zero-order valence-corrected chi connectivity index (χ0v) is 16.2. The third kappa shape index (κ3) is 5.83. The molecule has 0 radical (unpaired) electrons. The number of rotatable bonds is 6. The van der Waals surface area contributed by atoms with E-state index in [1.807, 2.05) is 19.1 Å². The molecule has 2 rings (SSSR count). The number of nitrogens with zero attached hydrogens (tertiary/aromatic N) is 2. The van der Waals surface area contributed by atoms with Crippen LogP contribution in [0.25, 0.3) is 0 Å². The fourth-order valence-electron chi connectivity index (χ4n) is 3.17. The van der Waals surface area contributed by atoms with Gasteiger partial charge in [0.25, 0.3) is 0 Å². The maximum Gasteiger partial charge on any atom is 0.189 e. The second kappa shape index (κ2) is 8.93. The first kappa shape index (κ1) is 19.4. The Balaban J connectivity index is 1.83. The van der Waals surface area contributed by atoms with Gasteiger partial charge in [-0.1, -0.05) is 43.1 Å². The summed E-state index contributed by atoms with van der Waals surface area (Å²) >= 11 is 12.2. The van der Waals surface area contributed by atoms with Gasteiger partial charge in [0.15, 0.2) is 5.96 Å². The van der Waals surface area contributed by atoms with E-state index < -0.39 is 0 Å². The summed E-state index contributed by atoms with van der Waals surface area (Å²) in [5, 5.41) is 4.47. The third-order valence-electron chi connectivity index (χ3n) is 4.31. The molecule has 1 aromatic rings. The van der Waals surface area contributed by atoms with E-state index in [1.165, 1.54) is 19.5 Å². The molecule has 6 heteroatoms. The summed E-state index contributed by atoms with van der Waals surface area (Å²) < 4.78 is 0. The number of nitrogens with one attached hydrogen (secondary N) is 1. The predicted octanol–water partition coefficient (Wildman–Crippen LogP) is 3.94. The molecule has 134 valence electrons. The minimum Gasteiger partial charge on any atom is -0.370 e. The highest BCUT2D eigenvalue weighted by Crippen LogP contribution is 2.26. The zero-order valence-electron chi connectivity index (χ0n) is 14.7. The molecule has 4 nitrogen and oxygen atoms in total. The Morgan fingerprint density at radius 3 is 2.79 bits per heavy atom. The average molecular weight is 371 g/mol. The average Bonchev–Trinajstić information content (AvgIpc) is 2.91. The van der Waals surface area contributed by atoms with Crippen molar-refractivity contribution in [3.8, 4) is 0 Å². The molecule has 1 fully saturated rings. The number of guanidine groups is 1. The molecule has 1 saturated heterocycles. The molecular weight excluding hydrogens is 343 g/mol. The van der Waals surface area contributed by atoms with Crippen LogP contribution < -0.4 is 11.1 Å². The number of likely N-dealkylation sites (tertiary alicyclic amines) is 1. The van der Waals surface area contributed by atoms with Gasteiger partial charge in [-0.05, 0) is 49.4 Å². The van der Waals surface area contributed by atoms with Gasteiger partial charge in [0.05, 0.1) is 6.04 Å². The molecule has 0 aliphatic carbocycles. The van der Waals surface area contributed by atoms with Gasteiger partial charge in [-0.3, -0.25) is 4.99 Å². The summed E-state index contributed by atoms with van der Waals surface area (Å²) in [5.74, 6) is 1.78. The van der Waals surface area contributed by atoms with Crippen molar-refractivity contribution >= 4 is 29.2 Å². The fraction of sp³-hybridized carbons (Fsp3) is 0.611. The van der Waals surface area contributed by atoms with E-state index in [0.717, 1.165) is 18.7 Å². The van der Waals surface area contributed by atoms with Crippen LogP contribution in [-0.2, 0) is 0 Å². The number of hydrogen-bond donors (Lipinski definition) is 2. The Labute approximate surface area is 155 Å². The summed E-state index contributed by atoms with van der Waals surface area (Å²) in [6.45, 7) is 10.8. The van der Waals surface area contributed by atoms with Crippen LogP contribution >= 0.6 is 23.2 Å². The molecule has 0 spiro atoms. The van der Waals surface area contributed by atoms with E-state index in [9.17, 15) is 0 Å². The molecule has 2 unspecified atom stereocenters. The van der Waals surface area contributed by atoms with Crippen LogP contribution in [0.1, 0.15) is 38.8 Å². The molecular formula is C18H28Cl2N4. The molecule has 1 aromatic carbocycles. The van der Waals surface area contributed by atoms with Gasteiger partial charge in [0.1, 0.15) is 0 Å². The van der Waals surface area contributed by atoms with Crippen molar-refractivity contribution < 1.29 is 0 Å². The first-order chi connectivity index (χ1) is 11.3. The smallest absolute Gasteiger partial charge is 0.189 e. The van der Waals surface area contributed by atoms with Crippen LogP contribution in [0, 0.1) is 11.8 Å². The lowest BCUT2D eigenvalue weighted by molar-refractivity contribution is 0.288. The van der Waals surface area contributed by atoms with Crippen molar-refractivity contribution in [2.24, 2.45) is 22.6 Å². The van der Waals surface area contributed by atoms with Crippen LogP contribution in [0.2, 0.25) is 10.0 Å². The Bertz CT molecular complexity index is 574. The first-order valence-electron chi connectivity index (χ1n) is 8.59.